The van der Waals surface area contributed by atoms with Gasteiger partial charge in [0.25, 0.3) is 5.91 Å². The van der Waals surface area contributed by atoms with Crippen molar-refractivity contribution in [2.75, 3.05) is 13.1 Å². The largest absolute Gasteiger partial charge is 0.438 e. The van der Waals surface area contributed by atoms with Crippen LogP contribution in [0.3, 0.4) is 0 Å². The summed E-state index contributed by atoms with van der Waals surface area (Å²) >= 11 is 0. The van der Waals surface area contributed by atoms with Crippen molar-refractivity contribution < 1.29 is 9.53 Å². The molecule has 0 bridgehead atoms. The van der Waals surface area contributed by atoms with Gasteiger partial charge >= 0.3 is 0 Å². The molecule has 2 aromatic carbocycles. The van der Waals surface area contributed by atoms with E-state index in [0.29, 0.717) is 23.0 Å². The van der Waals surface area contributed by atoms with E-state index in [1.165, 1.54) is 5.56 Å². The van der Waals surface area contributed by atoms with Gasteiger partial charge in [0.1, 0.15) is 11.3 Å². The van der Waals surface area contributed by atoms with Crippen molar-refractivity contribution in [3.8, 4) is 23.0 Å². The van der Waals surface area contributed by atoms with Crippen LogP contribution >= 0.6 is 0 Å². The lowest BCUT2D eigenvalue weighted by Crippen LogP contribution is -2.28. The third-order valence-electron chi connectivity index (χ3n) is 5.10. The molecule has 1 amide bonds. The number of hydrogen-bond donors (Lipinski definition) is 0. The number of carbonyl (C=O) groups is 1. The first kappa shape index (κ1) is 18.2. The summed E-state index contributed by atoms with van der Waals surface area (Å²) in [4.78, 5) is 23.9. The highest BCUT2D eigenvalue weighted by molar-refractivity contribution is 5.96. The van der Waals surface area contributed by atoms with Gasteiger partial charge in [-0.05, 0) is 49.9 Å². The van der Waals surface area contributed by atoms with Gasteiger partial charge in [0.05, 0.1) is 0 Å². The van der Waals surface area contributed by atoms with E-state index >= 15 is 0 Å². The van der Waals surface area contributed by atoms with E-state index in [1.54, 1.807) is 6.20 Å². The van der Waals surface area contributed by atoms with Gasteiger partial charge in [0.15, 0.2) is 5.82 Å². The molecular formula is C23H23N3O2. The molecule has 0 N–H and O–H groups in total. The van der Waals surface area contributed by atoms with Crippen LogP contribution in [0.2, 0.25) is 0 Å². The number of ether oxygens (including phenoxy) is 1. The molecule has 0 radical (unpaired) electrons. The minimum absolute atomic E-state index is 0.0732. The summed E-state index contributed by atoms with van der Waals surface area (Å²) < 4.78 is 6.09. The average Bonchev–Trinajstić information content (AvgIpc) is 3.26. The average molecular weight is 373 g/mol. The summed E-state index contributed by atoms with van der Waals surface area (Å²) in [7, 11) is 0. The van der Waals surface area contributed by atoms with Gasteiger partial charge in [0.2, 0.25) is 5.88 Å². The zero-order valence-electron chi connectivity index (χ0n) is 16.2. The predicted octanol–water partition coefficient (Wildman–Crippen LogP) is 4.79. The van der Waals surface area contributed by atoms with Crippen LogP contribution in [0, 0.1) is 13.8 Å². The van der Waals surface area contributed by atoms with Gasteiger partial charge in [-0.15, -0.1) is 0 Å². The van der Waals surface area contributed by atoms with E-state index in [2.05, 4.69) is 16.9 Å². The fourth-order valence-corrected chi connectivity index (χ4v) is 3.30. The van der Waals surface area contributed by atoms with Crippen molar-refractivity contribution in [3.05, 3.63) is 71.4 Å². The molecule has 0 aliphatic carbocycles. The molecule has 28 heavy (non-hydrogen) atoms. The maximum Gasteiger partial charge on any atom is 0.260 e. The Labute approximate surface area is 165 Å². The van der Waals surface area contributed by atoms with Crippen LogP contribution in [0.1, 0.15) is 34.3 Å². The Morgan fingerprint density at radius 3 is 2.46 bits per heavy atom. The Hall–Kier alpha value is -3.21. The second kappa shape index (κ2) is 7.80. The number of aromatic nitrogens is 2. The van der Waals surface area contributed by atoms with E-state index in [9.17, 15) is 4.79 Å². The summed E-state index contributed by atoms with van der Waals surface area (Å²) in [6.07, 6.45) is 3.65. The van der Waals surface area contributed by atoms with Crippen LogP contribution in [0.5, 0.6) is 11.6 Å². The third kappa shape index (κ3) is 3.74. The fourth-order valence-electron chi connectivity index (χ4n) is 3.30. The van der Waals surface area contributed by atoms with Crippen LogP contribution in [0.25, 0.3) is 11.4 Å². The van der Waals surface area contributed by atoms with Crippen molar-refractivity contribution in [2.24, 2.45) is 0 Å². The van der Waals surface area contributed by atoms with Gasteiger partial charge in [-0.3, -0.25) is 4.79 Å². The molecule has 142 valence electrons. The number of carbonyl (C=O) groups excluding carboxylic acids is 1. The Bertz CT molecular complexity index is 996. The van der Waals surface area contributed by atoms with E-state index < -0.39 is 0 Å². The Balaban J connectivity index is 1.74. The number of benzene rings is 2. The molecule has 0 atom stereocenters. The van der Waals surface area contributed by atoms with Gasteiger partial charge < -0.3 is 9.64 Å². The minimum atomic E-state index is -0.0732. The molecule has 1 aliphatic heterocycles. The number of rotatable bonds is 4. The fraction of sp³-hybridized carbons (Fsp3) is 0.261. The lowest BCUT2D eigenvalue weighted by molar-refractivity contribution is 0.0789. The number of amides is 1. The van der Waals surface area contributed by atoms with Crippen LogP contribution in [0.15, 0.2) is 54.7 Å². The van der Waals surface area contributed by atoms with Crippen LogP contribution in [0.4, 0.5) is 0 Å². The Kier molecular flexibility index (Phi) is 5.06. The zero-order valence-corrected chi connectivity index (χ0v) is 16.2. The summed E-state index contributed by atoms with van der Waals surface area (Å²) in [6, 6.07) is 15.6. The first-order chi connectivity index (χ1) is 13.6. The van der Waals surface area contributed by atoms with E-state index in [4.69, 9.17) is 4.74 Å². The molecule has 0 unspecified atom stereocenters. The summed E-state index contributed by atoms with van der Waals surface area (Å²) in [6.45, 7) is 5.62. The van der Waals surface area contributed by atoms with Gasteiger partial charge in [-0.2, -0.15) is 4.98 Å². The molecule has 2 heterocycles. The van der Waals surface area contributed by atoms with Gasteiger partial charge in [-0.25, -0.2) is 4.98 Å². The maximum atomic E-state index is 13.0. The number of hydrogen-bond acceptors (Lipinski definition) is 4. The summed E-state index contributed by atoms with van der Waals surface area (Å²) in [5.41, 5.74) is 3.60. The normalized spacial score (nSPS) is 13.6. The first-order valence-corrected chi connectivity index (χ1v) is 9.58. The Morgan fingerprint density at radius 2 is 1.75 bits per heavy atom. The molecule has 1 aromatic heterocycles. The molecule has 0 spiro atoms. The van der Waals surface area contributed by atoms with Gasteiger partial charge in [-0.1, -0.05) is 36.4 Å². The number of aryl methyl sites for hydroxylation is 2. The smallest absolute Gasteiger partial charge is 0.260 e. The topological polar surface area (TPSA) is 55.3 Å². The molecule has 1 saturated heterocycles. The monoisotopic (exact) mass is 373 g/mol. The van der Waals surface area contributed by atoms with Gasteiger partial charge in [0, 0.05) is 24.8 Å². The van der Waals surface area contributed by atoms with Crippen LogP contribution < -0.4 is 4.74 Å². The highest BCUT2D eigenvalue weighted by atomic mass is 16.5. The zero-order chi connectivity index (χ0) is 19.5. The van der Waals surface area contributed by atoms with Crippen molar-refractivity contribution in [2.45, 2.75) is 26.7 Å². The van der Waals surface area contributed by atoms with Crippen molar-refractivity contribution in [1.82, 2.24) is 14.9 Å². The van der Waals surface area contributed by atoms with Crippen molar-refractivity contribution in [1.29, 1.82) is 0 Å². The highest BCUT2D eigenvalue weighted by Crippen LogP contribution is 2.28. The van der Waals surface area contributed by atoms with Crippen molar-refractivity contribution >= 4 is 5.91 Å². The van der Waals surface area contributed by atoms with Crippen molar-refractivity contribution in [3.63, 3.8) is 0 Å². The molecule has 5 nitrogen and oxygen atoms in total. The maximum absolute atomic E-state index is 13.0. The lowest BCUT2D eigenvalue weighted by atomic mass is 10.1. The predicted molar refractivity (Wildman–Crippen MR) is 109 cm³/mol. The highest BCUT2D eigenvalue weighted by Gasteiger charge is 2.25. The lowest BCUT2D eigenvalue weighted by Gasteiger charge is -2.17. The molecule has 1 aliphatic rings. The van der Waals surface area contributed by atoms with E-state index in [0.717, 1.165) is 37.1 Å². The minimum Gasteiger partial charge on any atom is -0.438 e. The Morgan fingerprint density at radius 1 is 1.00 bits per heavy atom. The second-order valence-corrected chi connectivity index (χ2v) is 7.13. The van der Waals surface area contributed by atoms with E-state index in [-0.39, 0.29) is 5.91 Å². The number of likely N-dealkylation sites (tertiary alicyclic amines) is 1. The molecule has 4 rings (SSSR count). The first-order valence-electron chi connectivity index (χ1n) is 9.58. The summed E-state index contributed by atoms with van der Waals surface area (Å²) in [5.74, 6) is 1.43. The second-order valence-electron chi connectivity index (χ2n) is 7.13. The molecule has 1 fully saturated rings. The molecule has 5 heteroatoms. The van der Waals surface area contributed by atoms with Crippen LogP contribution in [-0.2, 0) is 0 Å². The molecule has 0 saturated carbocycles. The SMILES string of the molecule is Cc1ccc(Oc2nc(-c3ccccc3)ncc2C(=O)N2CCCC2)cc1C. The quantitative estimate of drug-likeness (QED) is 0.660. The van der Waals surface area contributed by atoms with Crippen LogP contribution in [-0.4, -0.2) is 33.9 Å². The van der Waals surface area contributed by atoms with E-state index in [1.807, 2.05) is 60.4 Å². The summed E-state index contributed by atoms with van der Waals surface area (Å²) in [5, 5.41) is 0. The third-order valence-corrected chi connectivity index (χ3v) is 5.10. The molecule has 3 aromatic rings. The standard InChI is InChI=1S/C23H23N3O2/c1-16-10-11-19(14-17(16)2)28-22-20(23(27)26-12-6-7-13-26)15-24-21(25-22)18-8-4-3-5-9-18/h3-5,8-11,14-15H,6-7,12-13H2,1-2H3. The molecular weight excluding hydrogens is 350 g/mol. The number of nitrogens with zero attached hydrogens (tertiary/aromatic N) is 3.